The average molecular weight is 294 g/mol. The Morgan fingerprint density at radius 1 is 1.40 bits per heavy atom. The fourth-order valence-electron chi connectivity index (χ4n) is 1.62. The van der Waals surface area contributed by atoms with Crippen molar-refractivity contribution >= 4 is 23.0 Å². The first-order chi connectivity index (χ1) is 9.63. The predicted octanol–water partition coefficient (Wildman–Crippen LogP) is 2.47. The van der Waals surface area contributed by atoms with E-state index >= 15 is 0 Å². The standard InChI is InChI=1S/C13H14N2O4S/c1-18-9-3-4-10(11(5-9)19-2)14-6-8-7-20-12(15-8)13(16)17/h3-5,7,14H,6H2,1-2H3,(H,16,17). The highest BCUT2D eigenvalue weighted by Gasteiger charge is 2.10. The molecule has 2 rings (SSSR count). The first-order valence-electron chi connectivity index (χ1n) is 5.77. The second-order valence-electron chi connectivity index (χ2n) is 3.87. The largest absolute Gasteiger partial charge is 0.497 e. The van der Waals surface area contributed by atoms with Gasteiger partial charge in [-0.15, -0.1) is 11.3 Å². The first-order valence-corrected chi connectivity index (χ1v) is 6.65. The van der Waals surface area contributed by atoms with Crippen molar-refractivity contribution < 1.29 is 19.4 Å². The van der Waals surface area contributed by atoms with E-state index < -0.39 is 5.97 Å². The van der Waals surface area contributed by atoms with E-state index in [0.29, 0.717) is 23.7 Å². The maximum absolute atomic E-state index is 10.8. The number of rotatable bonds is 6. The van der Waals surface area contributed by atoms with Crippen LogP contribution in [0.15, 0.2) is 23.6 Å². The normalized spacial score (nSPS) is 10.1. The van der Waals surface area contributed by atoms with Gasteiger partial charge in [0.2, 0.25) is 5.01 Å². The number of carboxylic acid groups (broad SMARTS) is 1. The molecule has 0 fully saturated rings. The van der Waals surface area contributed by atoms with Crippen LogP contribution in [0.25, 0.3) is 0 Å². The number of nitrogens with one attached hydrogen (secondary N) is 1. The Labute approximate surface area is 120 Å². The molecule has 0 radical (unpaired) electrons. The Morgan fingerprint density at radius 3 is 2.80 bits per heavy atom. The molecular weight excluding hydrogens is 280 g/mol. The number of aromatic carboxylic acids is 1. The molecule has 1 aromatic carbocycles. The molecule has 6 nitrogen and oxygen atoms in total. The van der Waals surface area contributed by atoms with Gasteiger partial charge in [0.1, 0.15) is 11.5 Å². The molecule has 0 aliphatic heterocycles. The lowest BCUT2D eigenvalue weighted by molar-refractivity contribution is 0.0696. The molecule has 0 bridgehead atoms. The number of hydrogen-bond acceptors (Lipinski definition) is 6. The van der Waals surface area contributed by atoms with Crippen molar-refractivity contribution in [3.8, 4) is 11.5 Å². The second kappa shape index (κ2) is 6.25. The number of thiazole rings is 1. The molecule has 1 heterocycles. The average Bonchev–Trinajstić information content (AvgIpc) is 2.94. The van der Waals surface area contributed by atoms with E-state index in [0.717, 1.165) is 17.0 Å². The Kier molecular flexibility index (Phi) is 4.41. The highest BCUT2D eigenvalue weighted by Crippen LogP contribution is 2.29. The Bertz CT molecular complexity index is 612. The van der Waals surface area contributed by atoms with Crippen LogP contribution in [-0.2, 0) is 6.54 Å². The number of carbonyl (C=O) groups is 1. The molecule has 0 spiro atoms. The monoisotopic (exact) mass is 294 g/mol. The van der Waals surface area contributed by atoms with Crippen LogP contribution in [-0.4, -0.2) is 30.3 Å². The molecule has 0 amide bonds. The summed E-state index contributed by atoms with van der Waals surface area (Å²) in [5.41, 5.74) is 1.46. The number of aromatic nitrogens is 1. The van der Waals surface area contributed by atoms with E-state index in [-0.39, 0.29) is 5.01 Å². The highest BCUT2D eigenvalue weighted by atomic mass is 32.1. The zero-order valence-electron chi connectivity index (χ0n) is 11.0. The van der Waals surface area contributed by atoms with E-state index in [1.54, 1.807) is 25.7 Å². The number of methoxy groups -OCH3 is 2. The molecule has 2 N–H and O–H groups in total. The quantitative estimate of drug-likeness (QED) is 0.852. The van der Waals surface area contributed by atoms with Crippen LogP contribution in [0.2, 0.25) is 0 Å². The van der Waals surface area contributed by atoms with Crippen molar-refractivity contribution in [3.63, 3.8) is 0 Å². The van der Waals surface area contributed by atoms with Crippen LogP contribution in [0, 0.1) is 0 Å². The summed E-state index contributed by atoms with van der Waals surface area (Å²) >= 11 is 1.11. The zero-order chi connectivity index (χ0) is 14.5. The minimum absolute atomic E-state index is 0.0866. The lowest BCUT2D eigenvalue weighted by Crippen LogP contribution is -2.03. The van der Waals surface area contributed by atoms with Crippen molar-refractivity contribution in [2.75, 3.05) is 19.5 Å². The van der Waals surface area contributed by atoms with E-state index in [9.17, 15) is 4.79 Å². The third-order valence-electron chi connectivity index (χ3n) is 2.60. The number of hydrogen-bond donors (Lipinski definition) is 2. The topological polar surface area (TPSA) is 80.7 Å². The predicted molar refractivity (Wildman–Crippen MR) is 75.9 cm³/mol. The van der Waals surface area contributed by atoms with E-state index in [1.165, 1.54) is 0 Å². The summed E-state index contributed by atoms with van der Waals surface area (Å²) in [7, 11) is 3.16. The number of benzene rings is 1. The molecule has 106 valence electrons. The Hall–Kier alpha value is -2.28. The van der Waals surface area contributed by atoms with Crippen LogP contribution in [0.4, 0.5) is 5.69 Å². The minimum atomic E-state index is -1.01. The van der Waals surface area contributed by atoms with Gasteiger partial charge in [-0.2, -0.15) is 0 Å². The van der Waals surface area contributed by atoms with Crippen molar-refractivity contribution in [3.05, 3.63) is 34.3 Å². The number of nitrogens with zero attached hydrogens (tertiary/aromatic N) is 1. The molecule has 7 heteroatoms. The van der Waals surface area contributed by atoms with Gasteiger partial charge in [0, 0.05) is 11.4 Å². The van der Waals surface area contributed by atoms with Crippen molar-refractivity contribution in [1.82, 2.24) is 4.98 Å². The SMILES string of the molecule is COc1ccc(NCc2csc(C(=O)O)n2)c(OC)c1. The molecule has 2 aromatic rings. The molecule has 1 aromatic heterocycles. The number of ether oxygens (including phenoxy) is 2. The van der Waals surface area contributed by atoms with Gasteiger partial charge in [0.25, 0.3) is 0 Å². The molecule has 0 saturated carbocycles. The van der Waals surface area contributed by atoms with Gasteiger partial charge in [-0.05, 0) is 12.1 Å². The summed E-state index contributed by atoms with van der Waals surface area (Å²) in [5, 5.41) is 13.8. The third kappa shape index (κ3) is 3.18. The molecule has 0 unspecified atom stereocenters. The molecule has 0 saturated heterocycles. The zero-order valence-corrected chi connectivity index (χ0v) is 11.9. The molecule has 0 aliphatic rings. The Morgan fingerprint density at radius 2 is 2.20 bits per heavy atom. The van der Waals surface area contributed by atoms with Crippen molar-refractivity contribution in [1.29, 1.82) is 0 Å². The summed E-state index contributed by atoms with van der Waals surface area (Å²) in [6, 6.07) is 5.42. The maximum Gasteiger partial charge on any atom is 0.365 e. The molecule has 20 heavy (non-hydrogen) atoms. The number of anilines is 1. The third-order valence-corrected chi connectivity index (χ3v) is 3.48. The molecular formula is C13H14N2O4S. The van der Waals surface area contributed by atoms with Crippen LogP contribution < -0.4 is 14.8 Å². The van der Waals surface area contributed by atoms with Gasteiger partial charge < -0.3 is 19.9 Å². The van der Waals surface area contributed by atoms with E-state index in [2.05, 4.69) is 10.3 Å². The fraction of sp³-hybridized carbons (Fsp3) is 0.231. The summed E-state index contributed by atoms with van der Waals surface area (Å²) in [4.78, 5) is 14.8. The van der Waals surface area contributed by atoms with Crippen LogP contribution >= 0.6 is 11.3 Å². The van der Waals surface area contributed by atoms with Gasteiger partial charge in [0.15, 0.2) is 0 Å². The number of carboxylic acids is 1. The summed E-state index contributed by atoms with van der Waals surface area (Å²) in [6.07, 6.45) is 0. The minimum Gasteiger partial charge on any atom is -0.497 e. The molecule has 0 aliphatic carbocycles. The first kappa shape index (κ1) is 14.1. The maximum atomic E-state index is 10.8. The van der Waals surface area contributed by atoms with Gasteiger partial charge in [-0.1, -0.05) is 0 Å². The van der Waals surface area contributed by atoms with Gasteiger partial charge in [-0.25, -0.2) is 9.78 Å². The van der Waals surface area contributed by atoms with E-state index in [1.807, 2.05) is 12.1 Å². The van der Waals surface area contributed by atoms with Gasteiger partial charge in [-0.3, -0.25) is 0 Å². The smallest absolute Gasteiger partial charge is 0.365 e. The summed E-state index contributed by atoms with van der Waals surface area (Å²) in [6.45, 7) is 0.423. The Balaban J connectivity index is 2.07. The lowest BCUT2D eigenvalue weighted by Gasteiger charge is -2.11. The second-order valence-corrected chi connectivity index (χ2v) is 4.73. The van der Waals surface area contributed by atoms with E-state index in [4.69, 9.17) is 14.6 Å². The summed E-state index contributed by atoms with van der Waals surface area (Å²) in [5.74, 6) is 0.343. The van der Waals surface area contributed by atoms with Crippen molar-refractivity contribution in [2.24, 2.45) is 0 Å². The van der Waals surface area contributed by atoms with Crippen LogP contribution in [0.3, 0.4) is 0 Å². The lowest BCUT2D eigenvalue weighted by atomic mass is 10.2. The summed E-state index contributed by atoms with van der Waals surface area (Å²) < 4.78 is 10.4. The van der Waals surface area contributed by atoms with Crippen molar-refractivity contribution in [2.45, 2.75) is 6.54 Å². The highest BCUT2D eigenvalue weighted by molar-refractivity contribution is 7.11. The van der Waals surface area contributed by atoms with Crippen LogP contribution in [0.5, 0.6) is 11.5 Å². The fourth-order valence-corrected chi connectivity index (χ4v) is 2.27. The molecule has 0 atom stereocenters. The van der Waals surface area contributed by atoms with Crippen LogP contribution in [0.1, 0.15) is 15.5 Å². The van der Waals surface area contributed by atoms with Gasteiger partial charge in [0.05, 0.1) is 32.1 Å². The van der Waals surface area contributed by atoms with Gasteiger partial charge >= 0.3 is 5.97 Å².